The van der Waals surface area contributed by atoms with Crippen molar-refractivity contribution in [1.82, 2.24) is 10.8 Å². The standard InChI is InChI=1S/C18H24N2O3/c1-17(2)8-4-5-18(3,7-8)15(17)19-16(22)23-20-13-10-6-9-11(13)12(9)14(10)21/h8-9,11-12,15,20H,4-7H2,1-3H3,(H,19,22). The molecule has 1 amide bonds. The van der Waals surface area contributed by atoms with Crippen LogP contribution >= 0.6 is 0 Å². The van der Waals surface area contributed by atoms with Crippen molar-refractivity contribution in [2.75, 3.05) is 0 Å². The van der Waals surface area contributed by atoms with Gasteiger partial charge in [0.25, 0.3) is 0 Å². The fourth-order valence-corrected chi connectivity index (χ4v) is 6.40. The van der Waals surface area contributed by atoms with Crippen LogP contribution in [0.15, 0.2) is 11.3 Å². The normalized spacial score (nSPS) is 47.3. The van der Waals surface area contributed by atoms with Gasteiger partial charge in [-0.1, -0.05) is 20.8 Å². The first-order valence-electron chi connectivity index (χ1n) is 8.83. The lowest BCUT2D eigenvalue weighted by Crippen LogP contribution is -2.53. The fraction of sp³-hybridized carbons (Fsp3) is 0.778. The molecule has 0 aromatic rings. The highest BCUT2D eigenvalue weighted by Crippen LogP contribution is 2.67. The van der Waals surface area contributed by atoms with Crippen LogP contribution < -0.4 is 10.8 Å². The number of nitrogens with one attached hydrogen (secondary N) is 2. The Balaban J connectivity index is 1.24. The zero-order chi connectivity index (χ0) is 16.1. The molecule has 0 aliphatic heterocycles. The van der Waals surface area contributed by atoms with E-state index in [1.165, 1.54) is 19.3 Å². The van der Waals surface area contributed by atoms with E-state index in [2.05, 4.69) is 31.6 Å². The number of allylic oxidation sites excluding steroid dienone is 2. The van der Waals surface area contributed by atoms with Crippen molar-refractivity contribution in [2.45, 2.75) is 52.5 Å². The minimum atomic E-state index is -0.418. The minimum absolute atomic E-state index is 0.112. The van der Waals surface area contributed by atoms with Crippen LogP contribution in [-0.4, -0.2) is 17.9 Å². The Kier molecular flexibility index (Phi) is 2.37. The first-order valence-corrected chi connectivity index (χ1v) is 8.83. The van der Waals surface area contributed by atoms with Gasteiger partial charge in [0.2, 0.25) is 0 Å². The number of carbonyl (C=O) groups excluding carboxylic acids is 2. The number of rotatable bonds is 3. The van der Waals surface area contributed by atoms with Gasteiger partial charge in [0.1, 0.15) is 0 Å². The van der Waals surface area contributed by atoms with Gasteiger partial charge in [0.15, 0.2) is 5.78 Å². The molecule has 0 spiro atoms. The Morgan fingerprint density at radius 2 is 2.04 bits per heavy atom. The summed E-state index contributed by atoms with van der Waals surface area (Å²) in [5, 5.41) is 3.10. The molecule has 6 unspecified atom stereocenters. The third-order valence-electron chi connectivity index (χ3n) is 7.65. The number of hydrogen-bond acceptors (Lipinski definition) is 4. The van der Waals surface area contributed by atoms with Gasteiger partial charge < -0.3 is 10.2 Å². The predicted octanol–water partition coefficient (Wildman–Crippen LogP) is 2.53. The summed E-state index contributed by atoms with van der Waals surface area (Å²) in [6, 6.07) is 0.147. The van der Waals surface area contributed by atoms with Crippen molar-refractivity contribution < 1.29 is 14.4 Å². The molecule has 6 aliphatic rings. The third kappa shape index (κ3) is 1.58. The highest BCUT2D eigenvalue weighted by molar-refractivity contribution is 6.07. The number of hydrogen-bond donors (Lipinski definition) is 2. The predicted molar refractivity (Wildman–Crippen MR) is 82.9 cm³/mol. The smallest absolute Gasteiger partial charge is 0.325 e. The maximum atomic E-state index is 12.3. The monoisotopic (exact) mass is 316 g/mol. The molecule has 4 fully saturated rings. The molecule has 5 heteroatoms. The van der Waals surface area contributed by atoms with Crippen LogP contribution in [-0.2, 0) is 9.63 Å². The van der Waals surface area contributed by atoms with Crippen molar-refractivity contribution in [2.24, 2.45) is 34.5 Å². The minimum Gasteiger partial charge on any atom is -0.325 e. The van der Waals surface area contributed by atoms with E-state index in [1.807, 2.05) is 0 Å². The van der Waals surface area contributed by atoms with Crippen LogP contribution in [0.3, 0.4) is 0 Å². The molecule has 6 atom stereocenters. The van der Waals surface area contributed by atoms with E-state index < -0.39 is 6.09 Å². The number of ketones is 1. The largest absolute Gasteiger partial charge is 0.431 e. The zero-order valence-electron chi connectivity index (χ0n) is 13.9. The zero-order valence-corrected chi connectivity index (χ0v) is 13.9. The fourth-order valence-electron chi connectivity index (χ4n) is 6.40. The number of fused-ring (bicyclic) bond motifs is 2. The third-order valence-corrected chi connectivity index (χ3v) is 7.65. The summed E-state index contributed by atoms with van der Waals surface area (Å²) >= 11 is 0. The first-order chi connectivity index (χ1) is 10.8. The highest BCUT2D eigenvalue weighted by atomic mass is 16.7. The van der Waals surface area contributed by atoms with Crippen LogP contribution in [0.5, 0.6) is 0 Å². The summed E-state index contributed by atoms with van der Waals surface area (Å²) in [6.07, 6.45) is 4.08. The molecule has 6 aliphatic carbocycles. The highest BCUT2D eigenvalue weighted by Gasteiger charge is 2.69. The number of hydroxylamine groups is 1. The second-order valence-electron chi connectivity index (χ2n) is 9.16. The molecule has 23 heavy (non-hydrogen) atoms. The van der Waals surface area contributed by atoms with Crippen molar-refractivity contribution in [3.05, 3.63) is 11.3 Å². The van der Waals surface area contributed by atoms with Crippen molar-refractivity contribution in [1.29, 1.82) is 0 Å². The lowest BCUT2D eigenvalue weighted by Gasteiger charge is -2.42. The lowest BCUT2D eigenvalue weighted by atomic mass is 9.68. The lowest BCUT2D eigenvalue weighted by molar-refractivity contribution is -0.115. The summed E-state index contributed by atoms with van der Waals surface area (Å²) in [6.45, 7) is 6.79. The van der Waals surface area contributed by atoms with Gasteiger partial charge in [-0.05, 0) is 48.3 Å². The van der Waals surface area contributed by atoms with E-state index in [9.17, 15) is 9.59 Å². The van der Waals surface area contributed by atoms with E-state index in [-0.39, 0.29) is 28.6 Å². The number of Topliss-reactive ketones (excluding diaryl/α,β-unsaturated/α-hetero) is 1. The second kappa shape index (κ2) is 3.93. The van der Waals surface area contributed by atoms with Gasteiger partial charge in [-0.2, -0.15) is 0 Å². The SMILES string of the molecule is CC12CCC(C1)C(C)(C)C2NC(=O)ONC1=C2CC3C(C2=O)C13. The molecule has 0 aromatic heterocycles. The molecule has 6 rings (SSSR count). The van der Waals surface area contributed by atoms with Gasteiger partial charge in [-0.3, -0.25) is 4.79 Å². The number of amides is 1. The van der Waals surface area contributed by atoms with Crippen LogP contribution in [0.25, 0.3) is 0 Å². The molecule has 5 nitrogen and oxygen atoms in total. The molecule has 0 heterocycles. The molecule has 124 valence electrons. The van der Waals surface area contributed by atoms with Crippen LogP contribution in [0, 0.1) is 34.5 Å². The number of carbonyl (C=O) groups is 2. The van der Waals surface area contributed by atoms with Gasteiger partial charge in [0.05, 0.1) is 5.70 Å². The van der Waals surface area contributed by atoms with Gasteiger partial charge in [0, 0.05) is 23.5 Å². The Bertz CT molecular complexity index is 662. The molecule has 0 aromatic carbocycles. The Morgan fingerprint density at radius 1 is 1.26 bits per heavy atom. The maximum Gasteiger partial charge on any atom is 0.431 e. The van der Waals surface area contributed by atoms with E-state index in [4.69, 9.17) is 4.84 Å². The average molecular weight is 316 g/mol. The topological polar surface area (TPSA) is 67.4 Å². The van der Waals surface area contributed by atoms with E-state index in [1.54, 1.807) is 0 Å². The van der Waals surface area contributed by atoms with Crippen LogP contribution in [0.1, 0.15) is 46.5 Å². The molecule has 4 saturated carbocycles. The maximum absolute atomic E-state index is 12.3. The summed E-state index contributed by atoms with van der Waals surface area (Å²) in [4.78, 5) is 29.4. The summed E-state index contributed by atoms with van der Waals surface area (Å²) in [5.41, 5.74) is 4.83. The first kappa shape index (κ1) is 13.9. The summed E-state index contributed by atoms with van der Waals surface area (Å²) in [7, 11) is 0. The molecular weight excluding hydrogens is 292 g/mol. The molecular formula is C18H24N2O3. The van der Waals surface area contributed by atoms with Crippen LogP contribution in [0.2, 0.25) is 0 Å². The van der Waals surface area contributed by atoms with Gasteiger partial charge in [-0.15, -0.1) is 0 Å². The summed E-state index contributed by atoms with van der Waals surface area (Å²) in [5.74, 6) is 1.95. The Morgan fingerprint density at radius 3 is 2.57 bits per heavy atom. The second-order valence-corrected chi connectivity index (χ2v) is 9.16. The van der Waals surface area contributed by atoms with Crippen molar-refractivity contribution in [3.8, 4) is 0 Å². The average Bonchev–Trinajstić information content (AvgIpc) is 2.86. The van der Waals surface area contributed by atoms with E-state index >= 15 is 0 Å². The quantitative estimate of drug-likeness (QED) is 0.785. The van der Waals surface area contributed by atoms with Gasteiger partial charge in [-0.25, -0.2) is 10.3 Å². The summed E-state index contributed by atoms with van der Waals surface area (Å²) < 4.78 is 0. The Labute approximate surface area is 136 Å². The molecule has 0 saturated heterocycles. The van der Waals surface area contributed by atoms with Crippen LogP contribution in [0.4, 0.5) is 4.79 Å². The van der Waals surface area contributed by atoms with E-state index in [0.29, 0.717) is 17.8 Å². The Hall–Kier alpha value is -1.52. The van der Waals surface area contributed by atoms with Crippen molar-refractivity contribution >= 4 is 11.9 Å². The molecule has 2 N–H and O–H groups in total. The van der Waals surface area contributed by atoms with Gasteiger partial charge >= 0.3 is 6.09 Å². The van der Waals surface area contributed by atoms with E-state index in [0.717, 1.165) is 17.7 Å². The molecule has 6 bridgehead atoms. The van der Waals surface area contributed by atoms with Crippen molar-refractivity contribution in [3.63, 3.8) is 0 Å². The molecule has 0 radical (unpaired) electrons.